The molecule has 32 heavy (non-hydrogen) atoms. The molecule has 1 aliphatic carbocycles. The Labute approximate surface area is 188 Å². The highest BCUT2D eigenvalue weighted by molar-refractivity contribution is 5.94. The van der Waals surface area contributed by atoms with Gasteiger partial charge in [-0.15, -0.1) is 10.2 Å². The highest BCUT2D eigenvalue weighted by Gasteiger charge is 2.24. The summed E-state index contributed by atoms with van der Waals surface area (Å²) >= 11 is 0. The average molecular weight is 434 g/mol. The molecule has 168 valence electrons. The zero-order valence-electron chi connectivity index (χ0n) is 19.3. The molecule has 0 saturated carbocycles. The summed E-state index contributed by atoms with van der Waals surface area (Å²) < 4.78 is 7.44. The van der Waals surface area contributed by atoms with Crippen LogP contribution in [-0.4, -0.2) is 32.4 Å². The van der Waals surface area contributed by atoms with Crippen LogP contribution in [0.5, 0.6) is 0 Å². The fourth-order valence-corrected chi connectivity index (χ4v) is 3.94. The van der Waals surface area contributed by atoms with E-state index in [1.54, 1.807) is 6.92 Å². The summed E-state index contributed by atoms with van der Waals surface area (Å²) in [5.41, 5.74) is 4.48. The van der Waals surface area contributed by atoms with Crippen LogP contribution in [0.1, 0.15) is 74.8 Å². The number of allylic oxidation sites excluding steroid dienone is 1. The number of amides is 1. The van der Waals surface area contributed by atoms with Crippen molar-refractivity contribution in [2.24, 2.45) is 0 Å². The summed E-state index contributed by atoms with van der Waals surface area (Å²) in [6, 6.07) is 9.51. The first kappa shape index (κ1) is 22.0. The van der Waals surface area contributed by atoms with Gasteiger partial charge in [0.25, 0.3) is 11.8 Å². The number of hydrogen-bond donors (Lipinski definition) is 1. The molecule has 0 aliphatic heterocycles. The molecule has 7 heteroatoms. The van der Waals surface area contributed by atoms with Gasteiger partial charge in [0.2, 0.25) is 5.89 Å². The first-order valence-corrected chi connectivity index (χ1v) is 11.3. The standard InChI is InChI=1S/C25H31N5O2/c1-17-27-28-24(32-17)21-16-22(25(2,3)4)30(29-21)20-12-10-19(11-13-20)23(31)26-15-14-18-8-6-5-7-9-18/h8,10-13,16H,5-7,9,14-15H2,1-4H3,(H,26,31). The fraction of sp³-hybridized carbons (Fsp3) is 0.440. The first-order valence-electron chi connectivity index (χ1n) is 11.3. The van der Waals surface area contributed by atoms with Crippen molar-refractivity contribution in [1.29, 1.82) is 0 Å². The van der Waals surface area contributed by atoms with Crippen LogP contribution in [0.15, 0.2) is 46.4 Å². The Morgan fingerprint density at radius 2 is 1.94 bits per heavy atom. The summed E-state index contributed by atoms with van der Waals surface area (Å²) in [6.45, 7) is 8.83. The van der Waals surface area contributed by atoms with E-state index in [1.807, 2.05) is 35.0 Å². The van der Waals surface area contributed by atoms with Crippen LogP contribution in [0.3, 0.4) is 0 Å². The molecule has 3 aromatic rings. The minimum absolute atomic E-state index is 0.0495. The van der Waals surface area contributed by atoms with Gasteiger partial charge in [0.1, 0.15) is 5.69 Å². The minimum atomic E-state index is -0.149. The number of carbonyl (C=O) groups is 1. The Hall–Kier alpha value is -3.22. The van der Waals surface area contributed by atoms with E-state index in [-0.39, 0.29) is 11.3 Å². The summed E-state index contributed by atoms with van der Waals surface area (Å²) in [5.74, 6) is 0.851. The highest BCUT2D eigenvalue weighted by Crippen LogP contribution is 2.29. The Morgan fingerprint density at radius 1 is 1.16 bits per heavy atom. The molecule has 0 fully saturated rings. The second-order valence-electron chi connectivity index (χ2n) is 9.36. The molecule has 4 rings (SSSR count). The van der Waals surface area contributed by atoms with Crippen LogP contribution in [0, 0.1) is 6.92 Å². The lowest BCUT2D eigenvalue weighted by atomic mass is 9.91. The smallest absolute Gasteiger partial charge is 0.268 e. The summed E-state index contributed by atoms with van der Waals surface area (Å²) in [6.07, 6.45) is 8.14. The number of aryl methyl sites for hydroxylation is 1. The van der Waals surface area contributed by atoms with Crippen molar-refractivity contribution in [2.75, 3.05) is 6.54 Å². The van der Waals surface area contributed by atoms with Gasteiger partial charge in [-0.1, -0.05) is 32.4 Å². The maximum Gasteiger partial charge on any atom is 0.268 e. The molecule has 0 unspecified atom stereocenters. The van der Waals surface area contributed by atoms with Crippen molar-refractivity contribution in [2.45, 2.75) is 65.2 Å². The summed E-state index contributed by atoms with van der Waals surface area (Å²) in [4.78, 5) is 12.6. The molecule has 7 nitrogen and oxygen atoms in total. The minimum Gasteiger partial charge on any atom is -0.420 e. The molecule has 0 radical (unpaired) electrons. The molecule has 0 atom stereocenters. The first-order chi connectivity index (χ1) is 15.3. The summed E-state index contributed by atoms with van der Waals surface area (Å²) in [5, 5.41) is 15.8. The highest BCUT2D eigenvalue weighted by atomic mass is 16.4. The lowest BCUT2D eigenvalue weighted by Crippen LogP contribution is -2.25. The topological polar surface area (TPSA) is 85.8 Å². The number of carbonyl (C=O) groups excluding carboxylic acids is 1. The molecular formula is C25H31N5O2. The van der Waals surface area contributed by atoms with E-state index >= 15 is 0 Å². The lowest BCUT2D eigenvalue weighted by Gasteiger charge is -2.20. The third kappa shape index (κ3) is 4.98. The molecule has 1 amide bonds. The lowest BCUT2D eigenvalue weighted by molar-refractivity contribution is 0.0954. The van der Waals surface area contributed by atoms with E-state index in [0.29, 0.717) is 29.6 Å². The molecule has 1 N–H and O–H groups in total. The van der Waals surface area contributed by atoms with Gasteiger partial charge in [0.15, 0.2) is 0 Å². The van der Waals surface area contributed by atoms with E-state index in [2.05, 4.69) is 42.4 Å². The summed E-state index contributed by atoms with van der Waals surface area (Å²) in [7, 11) is 0. The van der Waals surface area contributed by atoms with Crippen molar-refractivity contribution in [1.82, 2.24) is 25.3 Å². The van der Waals surface area contributed by atoms with Crippen LogP contribution in [0.2, 0.25) is 0 Å². The molecule has 1 aliphatic rings. The largest absolute Gasteiger partial charge is 0.420 e. The normalized spacial score (nSPS) is 14.3. The van der Waals surface area contributed by atoms with Crippen molar-refractivity contribution in [3.05, 3.63) is 59.1 Å². The number of benzene rings is 1. The number of nitrogens with one attached hydrogen (secondary N) is 1. The third-order valence-electron chi connectivity index (χ3n) is 5.71. The number of aromatic nitrogens is 4. The third-order valence-corrected chi connectivity index (χ3v) is 5.71. The van der Waals surface area contributed by atoms with Crippen LogP contribution < -0.4 is 5.32 Å². The van der Waals surface area contributed by atoms with Gasteiger partial charge in [0.05, 0.1) is 11.4 Å². The van der Waals surface area contributed by atoms with Gasteiger partial charge in [-0.2, -0.15) is 5.10 Å². The SMILES string of the molecule is Cc1nnc(-c2cc(C(C)(C)C)n(-c3ccc(C(=O)NCCC4=CCCCC4)cc3)n2)o1. The molecule has 0 spiro atoms. The molecule has 1 aromatic carbocycles. The number of rotatable bonds is 6. The van der Waals surface area contributed by atoms with Crippen molar-refractivity contribution >= 4 is 5.91 Å². The average Bonchev–Trinajstić information content (AvgIpc) is 3.41. The molecule has 2 aromatic heterocycles. The van der Waals surface area contributed by atoms with E-state index in [9.17, 15) is 4.79 Å². The van der Waals surface area contributed by atoms with Crippen LogP contribution in [0.25, 0.3) is 17.3 Å². The van der Waals surface area contributed by atoms with Gasteiger partial charge < -0.3 is 9.73 Å². The Balaban J connectivity index is 1.50. The molecule has 0 saturated heterocycles. The van der Waals surface area contributed by atoms with E-state index in [1.165, 1.54) is 24.8 Å². The fourth-order valence-electron chi connectivity index (χ4n) is 3.94. The van der Waals surface area contributed by atoms with Crippen LogP contribution >= 0.6 is 0 Å². The van der Waals surface area contributed by atoms with Crippen molar-refractivity contribution < 1.29 is 9.21 Å². The van der Waals surface area contributed by atoms with Gasteiger partial charge in [-0.25, -0.2) is 4.68 Å². The molecular weight excluding hydrogens is 402 g/mol. The van der Waals surface area contributed by atoms with E-state index in [4.69, 9.17) is 9.52 Å². The zero-order valence-corrected chi connectivity index (χ0v) is 19.3. The number of hydrogen-bond acceptors (Lipinski definition) is 5. The van der Waals surface area contributed by atoms with Crippen LogP contribution in [-0.2, 0) is 5.41 Å². The Bertz CT molecular complexity index is 1120. The molecule has 0 bridgehead atoms. The maximum absolute atomic E-state index is 12.6. The second-order valence-corrected chi connectivity index (χ2v) is 9.36. The Morgan fingerprint density at radius 3 is 2.56 bits per heavy atom. The van der Waals surface area contributed by atoms with E-state index < -0.39 is 0 Å². The monoisotopic (exact) mass is 433 g/mol. The van der Waals surface area contributed by atoms with Gasteiger partial charge in [-0.3, -0.25) is 4.79 Å². The maximum atomic E-state index is 12.6. The number of nitrogens with zero attached hydrogens (tertiary/aromatic N) is 4. The predicted octanol–water partition coefficient (Wildman–Crippen LogP) is 5.15. The van der Waals surface area contributed by atoms with Gasteiger partial charge >= 0.3 is 0 Å². The second kappa shape index (κ2) is 9.10. The molecule has 2 heterocycles. The predicted molar refractivity (Wildman–Crippen MR) is 124 cm³/mol. The van der Waals surface area contributed by atoms with Gasteiger partial charge in [0, 0.05) is 24.4 Å². The van der Waals surface area contributed by atoms with Crippen LogP contribution in [0.4, 0.5) is 0 Å². The van der Waals surface area contributed by atoms with Gasteiger partial charge in [-0.05, 0) is 62.4 Å². The quantitative estimate of drug-likeness (QED) is 0.544. The van der Waals surface area contributed by atoms with Crippen molar-refractivity contribution in [3.8, 4) is 17.3 Å². The van der Waals surface area contributed by atoms with E-state index in [0.717, 1.165) is 24.2 Å². The van der Waals surface area contributed by atoms with Crippen molar-refractivity contribution in [3.63, 3.8) is 0 Å². The zero-order chi connectivity index (χ0) is 22.7. The Kier molecular flexibility index (Phi) is 6.26.